The molecule has 0 aromatic heterocycles. The summed E-state index contributed by atoms with van der Waals surface area (Å²) in [4.78, 5) is 1.77. The first-order chi connectivity index (χ1) is 8.83. The molecule has 0 aliphatic carbocycles. The molecule has 0 radical (unpaired) electrons. The number of benzene rings is 1. The SMILES string of the molecule is F[C@@H]1CCN(Cc2cc(Br)ccc2OC(F)(F)F)C1. The van der Waals surface area contributed by atoms with Crippen molar-refractivity contribution in [1.82, 2.24) is 4.90 Å². The molecule has 1 atom stereocenters. The third-order valence-corrected chi connectivity index (χ3v) is 3.35. The number of rotatable bonds is 3. The number of ether oxygens (including phenoxy) is 1. The van der Waals surface area contributed by atoms with E-state index in [0.717, 1.165) is 0 Å². The van der Waals surface area contributed by atoms with Crippen molar-refractivity contribution in [3.63, 3.8) is 0 Å². The van der Waals surface area contributed by atoms with Gasteiger partial charge in [0.1, 0.15) is 11.9 Å². The van der Waals surface area contributed by atoms with Gasteiger partial charge in [0.05, 0.1) is 0 Å². The Morgan fingerprint density at radius 1 is 1.37 bits per heavy atom. The van der Waals surface area contributed by atoms with Crippen molar-refractivity contribution in [2.45, 2.75) is 25.5 Å². The highest BCUT2D eigenvalue weighted by molar-refractivity contribution is 9.10. The Morgan fingerprint density at radius 2 is 2.11 bits per heavy atom. The largest absolute Gasteiger partial charge is 0.573 e. The molecule has 0 spiro atoms. The summed E-state index contributed by atoms with van der Waals surface area (Å²) in [5.74, 6) is -0.238. The van der Waals surface area contributed by atoms with Crippen molar-refractivity contribution in [1.29, 1.82) is 0 Å². The van der Waals surface area contributed by atoms with E-state index in [-0.39, 0.29) is 18.8 Å². The van der Waals surface area contributed by atoms with Crippen LogP contribution >= 0.6 is 15.9 Å². The number of alkyl halides is 4. The molecule has 1 aromatic rings. The summed E-state index contributed by atoms with van der Waals surface area (Å²) in [5.41, 5.74) is 0.390. The van der Waals surface area contributed by atoms with Gasteiger partial charge in [0.15, 0.2) is 0 Å². The average molecular weight is 342 g/mol. The van der Waals surface area contributed by atoms with Crippen molar-refractivity contribution in [2.24, 2.45) is 0 Å². The van der Waals surface area contributed by atoms with Gasteiger partial charge in [-0.1, -0.05) is 15.9 Å². The van der Waals surface area contributed by atoms with Crippen LogP contribution in [-0.2, 0) is 6.54 Å². The number of nitrogens with zero attached hydrogens (tertiary/aromatic N) is 1. The fraction of sp³-hybridized carbons (Fsp3) is 0.500. The fourth-order valence-electron chi connectivity index (χ4n) is 2.07. The molecule has 0 amide bonds. The lowest BCUT2D eigenvalue weighted by Crippen LogP contribution is -2.23. The van der Waals surface area contributed by atoms with Gasteiger partial charge in [-0.2, -0.15) is 0 Å². The van der Waals surface area contributed by atoms with E-state index in [2.05, 4.69) is 20.7 Å². The maximum atomic E-state index is 13.1. The van der Waals surface area contributed by atoms with Gasteiger partial charge >= 0.3 is 6.36 Å². The third-order valence-electron chi connectivity index (χ3n) is 2.86. The first-order valence-corrected chi connectivity index (χ1v) is 6.53. The molecule has 1 aliphatic heterocycles. The number of halogens is 5. The lowest BCUT2D eigenvalue weighted by Gasteiger charge is -2.18. The lowest BCUT2D eigenvalue weighted by atomic mass is 10.2. The number of likely N-dealkylation sites (tertiary alicyclic amines) is 1. The molecule has 1 heterocycles. The predicted molar refractivity (Wildman–Crippen MR) is 65.6 cm³/mol. The molecule has 106 valence electrons. The van der Waals surface area contributed by atoms with Crippen LogP contribution in [0.2, 0.25) is 0 Å². The molecule has 1 saturated heterocycles. The summed E-state index contributed by atoms with van der Waals surface area (Å²) in [5, 5.41) is 0. The van der Waals surface area contributed by atoms with E-state index in [1.165, 1.54) is 12.1 Å². The molecule has 0 bridgehead atoms. The van der Waals surface area contributed by atoms with Crippen LogP contribution in [0.25, 0.3) is 0 Å². The van der Waals surface area contributed by atoms with Crippen molar-refractivity contribution in [3.05, 3.63) is 28.2 Å². The van der Waals surface area contributed by atoms with Crippen LogP contribution < -0.4 is 4.74 Å². The smallest absolute Gasteiger partial charge is 0.405 e. The van der Waals surface area contributed by atoms with Gasteiger partial charge in [0.25, 0.3) is 0 Å². The van der Waals surface area contributed by atoms with Gasteiger partial charge in [-0.25, -0.2) is 4.39 Å². The zero-order valence-electron chi connectivity index (χ0n) is 9.88. The topological polar surface area (TPSA) is 12.5 Å². The van der Waals surface area contributed by atoms with Crippen LogP contribution in [0.3, 0.4) is 0 Å². The van der Waals surface area contributed by atoms with Crippen LogP contribution in [0.15, 0.2) is 22.7 Å². The summed E-state index contributed by atoms with van der Waals surface area (Å²) in [6.07, 6.45) is -5.21. The minimum absolute atomic E-state index is 0.238. The van der Waals surface area contributed by atoms with Crippen LogP contribution in [0.4, 0.5) is 17.6 Å². The van der Waals surface area contributed by atoms with Crippen LogP contribution in [0, 0.1) is 0 Å². The predicted octanol–water partition coefficient (Wildman–Crippen LogP) is 3.89. The Hall–Kier alpha value is -0.820. The molecule has 1 aliphatic rings. The molecule has 0 N–H and O–H groups in total. The van der Waals surface area contributed by atoms with Crippen molar-refractivity contribution in [2.75, 3.05) is 13.1 Å². The molecule has 0 unspecified atom stereocenters. The van der Waals surface area contributed by atoms with E-state index in [4.69, 9.17) is 0 Å². The highest BCUT2D eigenvalue weighted by Gasteiger charge is 2.32. The number of hydrogen-bond donors (Lipinski definition) is 0. The first-order valence-electron chi connectivity index (χ1n) is 5.74. The normalized spacial score (nSPS) is 20.8. The van der Waals surface area contributed by atoms with Gasteiger partial charge in [-0.05, 0) is 24.6 Å². The molecule has 0 saturated carbocycles. The lowest BCUT2D eigenvalue weighted by molar-refractivity contribution is -0.275. The Balaban J connectivity index is 2.15. The van der Waals surface area contributed by atoms with E-state index in [0.29, 0.717) is 23.0 Å². The van der Waals surface area contributed by atoms with Gasteiger partial charge in [0, 0.05) is 29.7 Å². The van der Waals surface area contributed by atoms with E-state index >= 15 is 0 Å². The second kappa shape index (κ2) is 5.66. The van der Waals surface area contributed by atoms with Crippen LogP contribution in [0.1, 0.15) is 12.0 Å². The summed E-state index contributed by atoms with van der Waals surface area (Å²) >= 11 is 3.21. The third kappa shape index (κ3) is 4.35. The van der Waals surface area contributed by atoms with Crippen molar-refractivity contribution < 1.29 is 22.3 Å². The Bertz CT molecular complexity index is 452. The number of hydrogen-bond acceptors (Lipinski definition) is 2. The molecular weight excluding hydrogens is 330 g/mol. The molecule has 19 heavy (non-hydrogen) atoms. The Morgan fingerprint density at radius 3 is 2.68 bits per heavy atom. The van der Waals surface area contributed by atoms with Gasteiger partial charge in [-0.3, -0.25) is 4.90 Å². The van der Waals surface area contributed by atoms with Crippen LogP contribution in [-0.4, -0.2) is 30.5 Å². The monoisotopic (exact) mass is 341 g/mol. The molecule has 2 rings (SSSR count). The molecule has 7 heteroatoms. The molecule has 1 aromatic carbocycles. The second-order valence-corrected chi connectivity index (χ2v) is 5.34. The zero-order chi connectivity index (χ0) is 14.0. The molecular formula is C12H12BrF4NO. The van der Waals surface area contributed by atoms with Gasteiger partial charge < -0.3 is 4.74 Å². The quantitative estimate of drug-likeness (QED) is 0.773. The molecule has 2 nitrogen and oxygen atoms in total. The summed E-state index contributed by atoms with van der Waals surface area (Å²) < 4.78 is 54.6. The minimum atomic E-state index is -4.73. The summed E-state index contributed by atoms with van der Waals surface area (Å²) in [6, 6.07) is 4.30. The van der Waals surface area contributed by atoms with E-state index < -0.39 is 12.5 Å². The van der Waals surface area contributed by atoms with E-state index in [9.17, 15) is 17.6 Å². The second-order valence-electron chi connectivity index (χ2n) is 4.42. The maximum Gasteiger partial charge on any atom is 0.573 e. The highest BCUT2D eigenvalue weighted by Crippen LogP contribution is 2.30. The standard InChI is InChI=1S/C12H12BrF4NO/c13-9-1-2-11(19-12(15,16)17)8(5-9)6-18-4-3-10(14)7-18/h1-2,5,10H,3-4,6-7H2/t10-/m1/s1. The Labute approximate surface area is 116 Å². The van der Waals surface area contributed by atoms with Crippen LogP contribution in [0.5, 0.6) is 5.75 Å². The van der Waals surface area contributed by atoms with Crippen molar-refractivity contribution >= 4 is 15.9 Å². The molecule has 1 fully saturated rings. The fourth-order valence-corrected chi connectivity index (χ4v) is 2.47. The average Bonchev–Trinajstić information content (AvgIpc) is 2.66. The van der Waals surface area contributed by atoms with E-state index in [1.807, 2.05) is 0 Å². The minimum Gasteiger partial charge on any atom is -0.405 e. The van der Waals surface area contributed by atoms with E-state index in [1.54, 1.807) is 11.0 Å². The van der Waals surface area contributed by atoms with Gasteiger partial charge in [0.2, 0.25) is 0 Å². The summed E-state index contributed by atoms with van der Waals surface area (Å²) in [7, 11) is 0. The van der Waals surface area contributed by atoms with Gasteiger partial charge in [-0.15, -0.1) is 13.2 Å². The maximum absolute atomic E-state index is 13.1. The Kier molecular flexibility index (Phi) is 4.35. The van der Waals surface area contributed by atoms with Crippen molar-refractivity contribution in [3.8, 4) is 5.75 Å². The zero-order valence-corrected chi connectivity index (χ0v) is 11.5. The summed E-state index contributed by atoms with van der Waals surface area (Å²) in [6.45, 7) is 1.03. The first kappa shape index (κ1) is 14.6. The highest BCUT2D eigenvalue weighted by atomic mass is 79.9.